The number of carbonyl (C=O) groups is 1. The molecule has 128 valence electrons. The average Bonchev–Trinajstić information content (AvgIpc) is 3.01. The first kappa shape index (κ1) is 15.7. The maximum absolute atomic E-state index is 11.7. The number of Topliss-reactive ketones (excluding diaryl/α,β-unsaturated/α-hetero) is 1. The van der Waals surface area contributed by atoms with Gasteiger partial charge in [-0.15, -0.1) is 0 Å². The monoisotopic (exact) mass is 336 g/mol. The molecule has 1 aromatic carbocycles. The quantitative estimate of drug-likeness (QED) is 0.785. The van der Waals surface area contributed by atoms with Gasteiger partial charge in [0.15, 0.2) is 0 Å². The Bertz CT molecular complexity index is 976. The maximum atomic E-state index is 11.7. The number of nitrogens with zero attached hydrogens (tertiary/aromatic N) is 3. The summed E-state index contributed by atoms with van der Waals surface area (Å²) in [5, 5.41) is 5.09. The van der Waals surface area contributed by atoms with Crippen molar-refractivity contribution in [1.82, 2.24) is 15.1 Å². The number of anilines is 1. The summed E-state index contributed by atoms with van der Waals surface area (Å²) < 4.78 is 5.54. The topological polar surface area (TPSA) is 94.9 Å². The Kier molecular flexibility index (Phi) is 3.39. The van der Waals surface area contributed by atoms with Crippen molar-refractivity contribution in [3.8, 4) is 11.4 Å². The molecule has 0 unspecified atom stereocenters. The summed E-state index contributed by atoms with van der Waals surface area (Å²) in [7, 11) is 0. The molecule has 0 bridgehead atoms. The van der Waals surface area contributed by atoms with Crippen LogP contribution in [0.3, 0.4) is 0 Å². The van der Waals surface area contributed by atoms with E-state index in [0.29, 0.717) is 17.5 Å². The summed E-state index contributed by atoms with van der Waals surface area (Å²) >= 11 is 0. The number of ketones is 1. The Balaban J connectivity index is 1.73. The van der Waals surface area contributed by atoms with Crippen molar-refractivity contribution < 1.29 is 9.32 Å². The molecule has 3 aromatic rings. The highest BCUT2D eigenvalue weighted by atomic mass is 16.5. The van der Waals surface area contributed by atoms with Crippen LogP contribution in [0.25, 0.3) is 22.3 Å². The Morgan fingerprint density at radius 1 is 1.28 bits per heavy atom. The minimum absolute atomic E-state index is 0.0465. The fraction of sp³-hybridized carbons (Fsp3) is 0.368. The van der Waals surface area contributed by atoms with Gasteiger partial charge in [0.2, 0.25) is 11.7 Å². The molecule has 0 saturated heterocycles. The number of nitrogens with two attached hydrogens (primary N) is 1. The highest BCUT2D eigenvalue weighted by Crippen LogP contribution is 2.56. The number of rotatable bonds is 3. The summed E-state index contributed by atoms with van der Waals surface area (Å²) in [6, 6.07) is 9.49. The van der Waals surface area contributed by atoms with E-state index in [1.165, 1.54) is 0 Å². The smallest absolute Gasteiger partial charge is 0.230 e. The predicted octanol–water partition coefficient (Wildman–Crippen LogP) is 3.59. The van der Waals surface area contributed by atoms with Crippen LogP contribution < -0.4 is 5.73 Å². The van der Waals surface area contributed by atoms with Crippen LogP contribution in [0.4, 0.5) is 5.82 Å². The second-order valence-electron chi connectivity index (χ2n) is 7.34. The molecule has 1 aliphatic carbocycles. The molecule has 1 fully saturated rings. The van der Waals surface area contributed by atoms with Crippen LogP contribution in [-0.2, 0) is 4.79 Å². The van der Waals surface area contributed by atoms with Crippen molar-refractivity contribution >= 4 is 22.5 Å². The number of aromatic nitrogens is 3. The molecular formula is C19H20N4O2. The van der Waals surface area contributed by atoms with E-state index in [0.717, 1.165) is 22.9 Å². The van der Waals surface area contributed by atoms with Crippen LogP contribution in [0.5, 0.6) is 0 Å². The van der Waals surface area contributed by atoms with E-state index in [1.807, 2.05) is 24.3 Å². The van der Waals surface area contributed by atoms with Gasteiger partial charge in [-0.05, 0) is 30.9 Å². The van der Waals surface area contributed by atoms with E-state index in [1.54, 1.807) is 13.0 Å². The minimum atomic E-state index is -0.172. The molecule has 0 spiro atoms. The Hall–Kier alpha value is -2.76. The maximum Gasteiger partial charge on any atom is 0.230 e. The molecule has 4 rings (SSSR count). The molecule has 2 atom stereocenters. The lowest BCUT2D eigenvalue weighted by Crippen LogP contribution is -2.46. The number of fused-ring (bicyclic) bond motifs is 1. The van der Waals surface area contributed by atoms with Crippen molar-refractivity contribution in [3.63, 3.8) is 0 Å². The Morgan fingerprint density at radius 3 is 2.76 bits per heavy atom. The van der Waals surface area contributed by atoms with Gasteiger partial charge in [0, 0.05) is 22.8 Å². The summed E-state index contributed by atoms with van der Waals surface area (Å²) in [4.78, 5) is 20.7. The second kappa shape index (κ2) is 5.37. The lowest BCUT2D eigenvalue weighted by Gasteiger charge is -2.49. The van der Waals surface area contributed by atoms with Gasteiger partial charge in [0.05, 0.1) is 5.52 Å². The van der Waals surface area contributed by atoms with Crippen molar-refractivity contribution in [2.24, 2.45) is 11.3 Å². The van der Waals surface area contributed by atoms with Gasteiger partial charge in [-0.3, -0.25) is 4.79 Å². The number of pyridine rings is 1. The molecule has 2 aromatic heterocycles. The van der Waals surface area contributed by atoms with Crippen molar-refractivity contribution in [2.75, 3.05) is 5.73 Å². The molecule has 1 aliphatic rings. The molecular weight excluding hydrogens is 316 g/mol. The van der Waals surface area contributed by atoms with E-state index in [-0.39, 0.29) is 23.0 Å². The largest absolute Gasteiger partial charge is 0.384 e. The third kappa shape index (κ3) is 2.40. The first-order chi connectivity index (χ1) is 11.9. The molecule has 6 nitrogen and oxygen atoms in total. The third-order valence-electron chi connectivity index (χ3n) is 5.48. The Labute approximate surface area is 145 Å². The average molecular weight is 336 g/mol. The molecule has 25 heavy (non-hydrogen) atoms. The zero-order valence-corrected chi connectivity index (χ0v) is 14.5. The number of para-hydroxylation sites is 1. The van der Waals surface area contributed by atoms with E-state index in [4.69, 9.17) is 10.3 Å². The molecule has 0 amide bonds. The summed E-state index contributed by atoms with van der Waals surface area (Å²) in [6.07, 6.45) is 0.753. The van der Waals surface area contributed by atoms with Crippen LogP contribution in [0.15, 0.2) is 34.9 Å². The third-order valence-corrected chi connectivity index (χ3v) is 5.48. The lowest BCUT2D eigenvalue weighted by molar-refractivity contribution is -0.132. The number of carbonyl (C=O) groups excluding carboxylic acids is 1. The summed E-state index contributed by atoms with van der Waals surface area (Å²) in [6.45, 7) is 5.81. The number of hydrogen-bond acceptors (Lipinski definition) is 6. The number of benzene rings is 1. The highest BCUT2D eigenvalue weighted by Gasteiger charge is 2.53. The van der Waals surface area contributed by atoms with Crippen LogP contribution in [0.1, 0.15) is 39.0 Å². The van der Waals surface area contributed by atoms with Crippen molar-refractivity contribution in [3.05, 3.63) is 36.2 Å². The van der Waals surface area contributed by atoms with Gasteiger partial charge in [0.1, 0.15) is 11.6 Å². The Morgan fingerprint density at radius 2 is 2.04 bits per heavy atom. The number of hydrogen-bond donors (Lipinski definition) is 1. The zero-order chi connectivity index (χ0) is 17.8. The molecule has 0 radical (unpaired) electrons. The van der Waals surface area contributed by atoms with Gasteiger partial charge < -0.3 is 10.3 Å². The fourth-order valence-electron chi connectivity index (χ4n) is 3.90. The molecule has 0 aliphatic heterocycles. The molecule has 1 saturated carbocycles. The van der Waals surface area contributed by atoms with Gasteiger partial charge in [-0.25, -0.2) is 4.98 Å². The minimum Gasteiger partial charge on any atom is -0.384 e. The predicted molar refractivity (Wildman–Crippen MR) is 94.8 cm³/mol. The van der Waals surface area contributed by atoms with Crippen LogP contribution in [0.2, 0.25) is 0 Å². The second-order valence-corrected chi connectivity index (χ2v) is 7.34. The van der Waals surface area contributed by atoms with Crippen LogP contribution in [0, 0.1) is 11.3 Å². The molecule has 2 heterocycles. The normalized spacial score (nSPS) is 21.9. The summed E-state index contributed by atoms with van der Waals surface area (Å²) in [5.41, 5.74) is 7.35. The fourth-order valence-corrected chi connectivity index (χ4v) is 3.90. The first-order valence-electron chi connectivity index (χ1n) is 8.37. The molecule has 2 N–H and O–H groups in total. The van der Waals surface area contributed by atoms with Crippen molar-refractivity contribution in [1.29, 1.82) is 0 Å². The number of nitrogen functional groups attached to an aromatic ring is 1. The van der Waals surface area contributed by atoms with Crippen molar-refractivity contribution in [2.45, 2.75) is 33.1 Å². The van der Waals surface area contributed by atoms with Crippen LogP contribution in [-0.4, -0.2) is 20.9 Å². The van der Waals surface area contributed by atoms with Gasteiger partial charge >= 0.3 is 0 Å². The first-order valence-corrected chi connectivity index (χ1v) is 8.37. The highest BCUT2D eigenvalue weighted by molar-refractivity contribution is 5.94. The van der Waals surface area contributed by atoms with E-state index in [2.05, 4.69) is 29.0 Å². The molecule has 6 heteroatoms. The SMILES string of the molecule is CC(=O)[C@@H]1C[C@H](c2nc(-c3cc(N)nc4ccccc34)no2)C1(C)C. The van der Waals surface area contributed by atoms with E-state index in [9.17, 15) is 4.79 Å². The van der Waals surface area contributed by atoms with Gasteiger partial charge in [-0.1, -0.05) is 37.2 Å². The van der Waals surface area contributed by atoms with Gasteiger partial charge in [-0.2, -0.15) is 4.98 Å². The lowest BCUT2D eigenvalue weighted by atomic mass is 9.53. The summed E-state index contributed by atoms with van der Waals surface area (Å²) in [5.74, 6) is 1.85. The zero-order valence-electron chi connectivity index (χ0n) is 14.5. The van der Waals surface area contributed by atoms with Crippen LogP contribution >= 0.6 is 0 Å². The van der Waals surface area contributed by atoms with Gasteiger partial charge in [0.25, 0.3) is 0 Å². The van der Waals surface area contributed by atoms with E-state index >= 15 is 0 Å². The standard InChI is InChI=1S/C19H20N4O2/c1-10(24)13-9-14(19(13,2)3)18-22-17(23-25-18)12-8-16(20)21-15-7-5-4-6-11(12)15/h4-8,13-14H,9H2,1-3H3,(H2,20,21)/t13-,14+/m0/s1. The van der Waals surface area contributed by atoms with E-state index < -0.39 is 0 Å².